The summed E-state index contributed by atoms with van der Waals surface area (Å²) < 4.78 is 26.7. The third kappa shape index (κ3) is 3.50. The third-order valence-corrected chi connectivity index (χ3v) is 3.47. The summed E-state index contributed by atoms with van der Waals surface area (Å²) >= 11 is 0. The summed E-state index contributed by atoms with van der Waals surface area (Å²) in [4.78, 5) is 2.21. The van der Waals surface area contributed by atoms with Gasteiger partial charge in [-0.2, -0.15) is 0 Å². The molecule has 2 N–H and O–H groups in total. The Hall–Kier alpha value is -1.00. The molecule has 0 aliphatic heterocycles. The molecule has 1 aromatic carbocycles. The van der Waals surface area contributed by atoms with Crippen molar-refractivity contribution < 1.29 is 8.78 Å². The predicted octanol–water partition coefficient (Wildman–Crippen LogP) is 2.70. The molecule has 1 atom stereocenters. The Labute approximate surface area is 107 Å². The lowest BCUT2D eigenvalue weighted by molar-refractivity contribution is 0.258. The Morgan fingerprint density at radius 2 is 2.11 bits per heavy atom. The van der Waals surface area contributed by atoms with Gasteiger partial charge in [0.2, 0.25) is 0 Å². The number of rotatable bonds is 6. The first-order valence-electron chi connectivity index (χ1n) is 6.53. The first-order chi connectivity index (χ1) is 8.60. The molecule has 100 valence electrons. The summed E-state index contributed by atoms with van der Waals surface area (Å²) in [6.45, 7) is 4.55. The van der Waals surface area contributed by atoms with Gasteiger partial charge < -0.3 is 10.6 Å². The first-order valence-corrected chi connectivity index (χ1v) is 6.53. The molecule has 18 heavy (non-hydrogen) atoms. The summed E-state index contributed by atoms with van der Waals surface area (Å²) in [5.41, 5.74) is 6.26. The van der Waals surface area contributed by atoms with Gasteiger partial charge in [0.05, 0.1) is 0 Å². The van der Waals surface area contributed by atoms with Crippen molar-refractivity contribution in [1.82, 2.24) is 4.90 Å². The highest BCUT2D eigenvalue weighted by Gasteiger charge is 2.25. The van der Waals surface area contributed by atoms with Gasteiger partial charge in [0.25, 0.3) is 0 Å². The van der Waals surface area contributed by atoms with E-state index in [1.54, 1.807) is 0 Å². The van der Waals surface area contributed by atoms with Gasteiger partial charge in [-0.05, 0) is 43.5 Å². The summed E-state index contributed by atoms with van der Waals surface area (Å²) in [6, 6.07) is 2.99. The number of benzene rings is 1. The average molecular weight is 254 g/mol. The molecule has 1 aliphatic carbocycles. The molecule has 0 amide bonds. The predicted molar refractivity (Wildman–Crippen MR) is 68.1 cm³/mol. The van der Waals surface area contributed by atoms with Crippen LogP contribution < -0.4 is 5.73 Å². The topological polar surface area (TPSA) is 29.3 Å². The van der Waals surface area contributed by atoms with Crippen molar-refractivity contribution in [3.05, 3.63) is 35.4 Å². The highest BCUT2D eigenvalue weighted by atomic mass is 19.1. The van der Waals surface area contributed by atoms with Gasteiger partial charge in [-0.3, -0.25) is 0 Å². The highest BCUT2D eigenvalue weighted by Crippen LogP contribution is 2.30. The molecule has 0 spiro atoms. The van der Waals surface area contributed by atoms with Crippen molar-refractivity contribution in [2.24, 2.45) is 11.7 Å². The molecule has 0 heterocycles. The number of halogens is 2. The van der Waals surface area contributed by atoms with Crippen molar-refractivity contribution in [2.75, 3.05) is 19.6 Å². The molecular formula is C14H20F2N2. The number of hydrogen-bond acceptors (Lipinski definition) is 2. The molecular weight excluding hydrogens is 234 g/mol. The van der Waals surface area contributed by atoms with E-state index in [9.17, 15) is 8.78 Å². The lowest BCUT2D eigenvalue weighted by Gasteiger charge is -2.24. The van der Waals surface area contributed by atoms with Crippen molar-refractivity contribution in [1.29, 1.82) is 0 Å². The lowest BCUT2D eigenvalue weighted by atomic mass is 10.1. The van der Waals surface area contributed by atoms with Crippen LogP contribution in [0, 0.1) is 17.6 Å². The Morgan fingerprint density at radius 3 is 2.72 bits per heavy atom. The van der Waals surface area contributed by atoms with Crippen LogP contribution in [-0.2, 0) is 0 Å². The third-order valence-electron chi connectivity index (χ3n) is 3.47. The minimum absolute atomic E-state index is 0.268. The van der Waals surface area contributed by atoms with Crippen molar-refractivity contribution >= 4 is 0 Å². The van der Waals surface area contributed by atoms with E-state index in [2.05, 4.69) is 11.8 Å². The molecule has 4 heteroatoms. The maximum absolute atomic E-state index is 13.6. The fraction of sp³-hybridized carbons (Fsp3) is 0.571. The van der Waals surface area contributed by atoms with Crippen LogP contribution in [-0.4, -0.2) is 24.5 Å². The number of likely N-dealkylation sites (N-methyl/N-ethyl adjacent to an activating group) is 1. The lowest BCUT2D eigenvalue weighted by Crippen LogP contribution is -2.34. The Bertz CT molecular complexity index is 405. The number of nitrogens with two attached hydrogens (primary N) is 1. The first kappa shape index (κ1) is 13.4. The number of hydrogen-bond donors (Lipinski definition) is 1. The van der Waals surface area contributed by atoms with Crippen molar-refractivity contribution in [3.63, 3.8) is 0 Å². The van der Waals surface area contributed by atoms with E-state index in [4.69, 9.17) is 5.73 Å². The minimum Gasteiger partial charge on any atom is -0.323 e. The number of nitrogens with zero attached hydrogens (tertiary/aromatic N) is 1. The minimum atomic E-state index is -0.473. The largest absolute Gasteiger partial charge is 0.323 e. The molecule has 2 rings (SSSR count). The molecule has 1 saturated carbocycles. The summed E-state index contributed by atoms with van der Waals surface area (Å²) in [6.07, 6.45) is 2.56. The molecule has 1 unspecified atom stereocenters. The molecule has 1 fully saturated rings. The zero-order valence-electron chi connectivity index (χ0n) is 10.7. The standard InChI is InChI=1S/C14H20F2N2/c1-2-18(8-10-3-4-10)9-14(17)12-7-11(15)5-6-13(12)16/h5-7,10,14H,2-4,8-9,17H2,1H3. The second-order valence-electron chi connectivity index (χ2n) is 5.07. The zero-order chi connectivity index (χ0) is 13.1. The van der Waals surface area contributed by atoms with Crippen LogP contribution in [0.15, 0.2) is 18.2 Å². The highest BCUT2D eigenvalue weighted by molar-refractivity contribution is 5.22. The van der Waals surface area contributed by atoms with Crippen LogP contribution in [0.3, 0.4) is 0 Å². The fourth-order valence-electron chi connectivity index (χ4n) is 2.17. The molecule has 1 aliphatic rings. The monoisotopic (exact) mass is 254 g/mol. The van der Waals surface area contributed by atoms with E-state index in [0.717, 1.165) is 31.1 Å². The van der Waals surface area contributed by atoms with E-state index in [0.29, 0.717) is 6.54 Å². The van der Waals surface area contributed by atoms with Crippen LogP contribution in [0.1, 0.15) is 31.4 Å². The quantitative estimate of drug-likeness (QED) is 0.845. The van der Waals surface area contributed by atoms with Gasteiger partial charge in [-0.15, -0.1) is 0 Å². The van der Waals surface area contributed by atoms with E-state index in [-0.39, 0.29) is 5.56 Å². The SMILES string of the molecule is CCN(CC1CC1)CC(N)c1cc(F)ccc1F. The van der Waals surface area contributed by atoms with Gasteiger partial charge in [-0.1, -0.05) is 6.92 Å². The molecule has 0 radical (unpaired) electrons. The van der Waals surface area contributed by atoms with Crippen LogP contribution in [0.4, 0.5) is 8.78 Å². The summed E-state index contributed by atoms with van der Waals surface area (Å²) in [5.74, 6) is -0.0898. The molecule has 0 aromatic heterocycles. The van der Waals surface area contributed by atoms with E-state index in [1.807, 2.05) is 0 Å². The van der Waals surface area contributed by atoms with E-state index in [1.165, 1.54) is 18.9 Å². The van der Waals surface area contributed by atoms with E-state index < -0.39 is 17.7 Å². The summed E-state index contributed by atoms with van der Waals surface area (Å²) in [5, 5.41) is 0. The average Bonchev–Trinajstić information content (AvgIpc) is 3.15. The van der Waals surface area contributed by atoms with Crippen LogP contribution in [0.2, 0.25) is 0 Å². The smallest absolute Gasteiger partial charge is 0.128 e. The molecule has 0 bridgehead atoms. The molecule has 2 nitrogen and oxygen atoms in total. The van der Waals surface area contributed by atoms with Gasteiger partial charge in [-0.25, -0.2) is 8.78 Å². The van der Waals surface area contributed by atoms with Gasteiger partial charge >= 0.3 is 0 Å². The molecule has 0 saturated heterocycles. The van der Waals surface area contributed by atoms with Gasteiger partial charge in [0.15, 0.2) is 0 Å². The normalized spacial score (nSPS) is 17.2. The van der Waals surface area contributed by atoms with Crippen molar-refractivity contribution in [3.8, 4) is 0 Å². The van der Waals surface area contributed by atoms with Gasteiger partial charge in [0.1, 0.15) is 11.6 Å². The zero-order valence-corrected chi connectivity index (χ0v) is 10.7. The van der Waals surface area contributed by atoms with E-state index >= 15 is 0 Å². The van der Waals surface area contributed by atoms with Gasteiger partial charge in [0, 0.05) is 24.7 Å². The van der Waals surface area contributed by atoms with Crippen LogP contribution in [0.25, 0.3) is 0 Å². The molecule has 1 aromatic rings. The second kappa shape index (κ2) is 5.76. The Balaban J connectivity index is 2.00. The second-order valence-corrected chi connectivity index (χ2v) is 5.07. The van der Waals surface area contributed by atoms with Crippen molar-refractivity contribution in [2.45, 2.75) is 25.8 Å². The van der Waals surface area contributed by atoms with Crippen LogP contribution >= 0.6 is 0 Å². The maximum atomic E-state index is 13.6. The Morgan fingerprint density at radius 1 is 1.39 bits per heavy atom. The Kier molecular flexibility index (Phi) is 4.30. The maximum Gasteiger partial charge on any atom is 0.128 e. The van der Waals surface area contributed by atoms with Crippen LogP contribution in [0.5, 0.6) is 0 Å². The summed E-state index contributed by atoms with van der Waals surface area (Å²) in [7, 11) is 0. The fourth-order valence-corrected chi connectivity index (χ4v) is 2.17.